The van der Waals surface area contributed by atoms with Gasteiger partial charge in [-0.1, -0.05) is 0 Å². The van der Waals surface area contributed by atoms with E-state index in [1.807, 2.05) is 0 Å². The Morgan fingerprint density at radius 2 is 2.23 bits per heavy atom. The Labute approximate surface area is 79.3 Å². The van der Waals surface area contributed by atoms with Crippen molar-refractivity contribution >= 4 is 5.91 Å². The highest BCUT2D eigenvalue weighted by Gasteiger charge is 2.22. The summed E-state index contributed by atoms with van der Waals surface area (Å²) >= 11 is 0. The fraction of sp³-hybridized carbons (Fsp3) is 0.700. The molecule has 3 nitrogen and oxygen atoms in total. The maximum atomic E-state index is 11.1. The Morgan fingerprint density at radius 3 is 2.85 bits per heavy atom. The summed E-state index contributed by atoms with van der Waals surface area (Å²) in [6.45, 7) is 1.52. The second-order valence-electron chi connectivity index (χ2n) is 3.30. The minimum Gasteiger partial charge on any atom is -0.353 e. The lowest BCUT2D eigenvalue weighted by Gasteiger charge is -2.03. The zero-order chi connectivity index (χ0) is 9.52. The first-order valence-corrected chi connectivity index (χ1v) is 4.76. The van der Waals surface area contributed by atoms with Crippen LogP contribution in [-0.2, 0) is 4.79 Å². The van der Waals surface area contributed by atoms with E-state index >= 15 is 0 Å². The topological polar surface area (TPSA) is 41.1 Å². The van der Waals surface area contributed by atoms with Crippen molar-refractivity contribution in [2.75, 3.05) is 13.1 Å². The molecule has 72 valence electrons. The van der Waals surface area contributed by atoms with Gasteiger partial charge in [-0.25, -0.2) is 0 Å². The number of terminal acetylenes is 1. The van der Waals surface area contributed by atoms with Gasteiger partial charge in [0, 0.05) is 32.0 Å². The van der Waals surface area contributed by atoms with Gasteiger partial charge in [0.05, 0.1) is 0 Å². The number of hydrogen-bond donors (Lipinski definition) is 2. The number of rotatable bonds is 6. The van der Waals surface area contributed by atoms with Crippen molar-refractivity contribution in [3.8, 4) is 12.3 Å². The normalized spacial score (nSPS) is 15.0. The molecule has 1 fully saturated rings. The zero-order valence-corrected chi connectivity index (χ0v) is 7.81. The smallest absolute Gasteiger partial charge is 0.221 e. The molecule has 0 radical (unpaired) electrons. The van der Waals surface area contributed by atoms with Crippen molar-refractivity contribution in [2.45, 2.75) is 31.7 Å². The number of nitrogens with one attached hydrogen (secondary N) is 2. The highest BCUT2D eigenvalue weighted by molar-refractivity contribution is 5.76. The zero-order valence-electron chi connectivity index (χ0n) is 7.81. The van der Waals surface area contributed by atoms with Crippen LogP contribution in [0.3, 0.4) is 0 Å². The first kappa shape index (κ1) is 10.1. The molecule has 13 heavy (non-hydrogen) atoms. The van der Waals surface area contributed by atoms with Crippen molar-refractivity contribution in [1.82, 2.24) is 10.6 Å². The average molecular weight is 180 g/mol. The van der Waals surface area contributed by atoms with Crippen molar-refractivity contribution in [3.63, 3.8) is 0 Å². The summed E-state index contributed by atoms with van der Waals surface area (Å²) in [7, 11) is 0. The highest BCUT2D eigenvalue weighted by Crippen LogP contribution is 2.18. The van der Waals surface area contributed by atoms with Gasteiger partial charge in [-0.3, -0.25) is 4.79 Å². The molecule has 0 aromatic carbocycles. The van der Waals surface area contributed by atoms with Gasteiger partial charge in [-0.2, -0.15) is 0 Å². The largest absolute Gasteiger partial charge is 0.353 e. The number of carbonyl (C=O) groups excluding carboxylic acids is 1. The first-order valence-electron chi connectivity index (χ1n) is 4.76. The molecule has 1 saturated carbocycles. The molecule has 3 heteroatoms. The van der Waals surface area contributed by atoms with E-state index in [-0.39, 0.29) is 5.91 Å². The predicted octanol–water partition coefficient (Wildman–Crippen LogP) is 0.268. The van der Waals surface area contributed by atoms with Crippen LogP contribution in [0.5, 0.6) is 0 Å². The molecule has 0 unspecified atom stereocenters. The van der Waals surface area contributed by atoms with Crippen molar-refractivity contribution < 1.29 is 4.79 Å². The van der Waals surface area contributed by atoms with E-state index < -0.39 is 0 Å². The lowest BCUT2D eigenvalue weighted by Crippen LogP contribution is -2.29. The fourth-order valence-electron chi connectivity index (χ4n) is 1.01. The standard InChI is InChI=1S/C10H16N2O/c1-2-3-7-11-8-6-10(13)12-9-4-5-9/h1,9,11H,3-8H2,(H,12,13). The maximum absolute atomic E-state index is 11.1. The Kier molecular flexibility index (Phi) is 4.34. The molecule has 1 aliphatic carbocycles. The van der Waals surface area contributed by atoms with E-state index in [1.54, 1.807) is 0 Å². The van der Waals surface area contributed by atoms with E-state index in [4.69, 9.17) is 6.42 Å². The van der Waals surface area contributed by atoms with Gasteiger partial charge in [-0.05, 0) is 12.8 Å². The monoisotopic (exact) mass is 180 g/mol. The van der Waals surface area contributed by atoms with Gasteiger partial charge in [0.1, 0.15) is 0 Å². The van der Waals surface area contributed by atoms with Crippen LogP contribution < -0.4 is 10.6 Å². The van der Waals surface area contributed by atoms with Gasteiger partial charge in [0.2, 0.25) is 5.91 Å². The minimum absolute atomic E-state index is 0.149. The second kappa shape index (κ2) is 5.60. The van der Waals surface area contributed by atoms with E-state index in [1.165, 1.54) is 0 Å². The summed E-state index contributed by atoms with van der Waals surface area (Å²) in [6.07, 6.45) is 8.66. The third-order valence-electron chi connectivity index (χ3n) is 1.92. The molecule has 0 aliphatic heterocycles. The lowest BCUT2D eigenvalue weighted by atomic mass is 10.3. The molecule has 0 spiro atoms. The van der Waals surface area contributed by atoms with Crippen LogP contribution in [0, 0.1) is 12.3 Å². The number of amides is 1. The van der Waals surface area contributed by atoms with Gasteiger partial charge < -0.3 is 10.6 Å². The highest BCUT2D eigenvalue weighted by atomic mass is 16.1. The molecular weight excluding hydrogens is 164 g/mol. The lowest BCUT2D eigenvalue weighted by molar-refractivity contribution is -0.121. The van der Waals surface area contributed by atoms with E-state index in [0.29, 0.717) is 12.5 Å². The van der Waals surface area contributed by atoms with E-state index in [0.717, 1.165) is 32.4 Å². The average Bonchev–Trinajstić information content (AvgIpc) is 2.88. The fourth-order valence-corrected chi connectivity index (χ4v) is 1.01. The van der Waals surface area contributed by atoms with Crippen LogP contribution in [0.1, 0.15) is 25.7 Å². The Morgan fingerprint density at radius 1 is 1.46 bits per heavy atom. The summed E-state index contributed by atoms with van der Waals surface area (Å²) in [5.41, 5.74) is 0. The third kappa shape index (κ3) is 5.26. The summed E-state index contributed by atoms with van der Waals surface area (Å²) in [6, 6.07) is 0.471. The SMILES string of the molecule is C#CCCNCCC(=O)NC1CC1. The molecule has 1 amide bonds. The maximum Gasteiger partial charge on any atom is 0.221 e. The van der Waals surface area contributed by atoms with Crippen LogP contribution >= 0.6 is 0 Å². The summed E-state index contributed by atoms with van der Waals surface area (Å²) in [4.78, 5) is 11.1. The molecular formula is C10H16N2O. The molecule has 0 bridgehead atoms. The Balaban J connectivity index is 1.86. The van der Waals surface area contributed by atoms with Crippen molar-refractivity contribution in [2.24, 2.45) is 0 Å². The van der Waals surface area contributed by atoms with Gasteiger partial charge in [0.15, 0.2) is 0 Å². The van der Waals surface area contributed by atoms with Crippen LogP contribution in [0.15, 0.2) is 0 Å². The minimum atomic E-state index is 0.149. The number of carbonyl (C=O) groups is 1. The van der Waals surface area contributed by atoms with Crippen LogP contribution in [-0.4, -0.2) is 25.0 Å². The third-order valence-corrected chi connectivity index (χ3v) is 1.92. The molecule has 0 aromatic heterocycles. The van der Waals surface area contributed by atoms with Crippen LogP contribution in [0.2, 0.25) is 0 Å². The van der Waals surface area contributed by atoms with Crippen molar-refractivity contribution in [1.29, 1.82) is 0 Å². The first-order chi connectivity index (χ1) is 6.33. The number of hydrogen-bond acceptors (Lipinski definition) is 2. The van der Waals surface area contributed by atoms with Gasteiger partial charge in [0.25, 0.3) is 0 Å². The predicted molar refractivity (Wildman–Crippen MR) is 52.1 cm³/mol. The second-order valence-corrected chi connectivity index (χ2v) is 3.30. The van der Waals surface area contributed by atoms with E-state index in [2.05, 4.69) is 16.6 Å². The Hall–Kier alpha value is -1.01. The molecule has 0 aromatic rings. The summed E-state index contributed by atoms with van der Waals surface area (Å²) in [5.74, 6) is 2.68. The molecule has 1 aliphatic rings. The van der Waals surface area contributed by atoms with Gasteiger partial charge >= 0.3 is 0 Å². The van der Waals surface area contributed by atoms with Gasteiger partial charge in [-0.15, -0.1) is 12.3 Å². The van der Waals surface area contributed by atoms with Crippen LogP contribution in [0.25, 0.3) is 0 Å². The Bertz CT molecular complexity index is 203. The quantitative estimate of drug-likeness (QED) is 0.455. The summed E-state index contributed by atoms with van der Waals surface area (Å²) < 4.78 is 0. The molecule has 0 heterocycles. The molecule has 0 saturated heterocycles. The van der Waals surface area contributed by atoms with Crippen molar-refractivity contribution in [3.05, 3.63) is 0 Å². The van der Waals surface area contributed by atoms with E-state index in [9.17, 15) is 4.79 Å². The molecule has 2 N–H and O–H groups in total. The summed E-state index contributed by atoms with van der Waals surface area (Å²) in [5, 5.41) is 6.03. The van der Waals surface area contributed by atoms with Crippen LogP contribution in [0.4, 0.5) is 0 Å². The molecule has 0 atom stereocenters. The molecule has 1 rings (SSSR count).